The van der Waals surface area contributed by atoms with E-state index in [1.165, 1.54) is 12.1 Å². The van der Waals surface area contributed by atoms with Crippen LogP contribution in [-0.2, 0) is 0 Å². The average Bonchev–Trinajstić information content (AvgIpc) is 2.98. The third-order valence-corrected chi connectivity index (χ3v) is 3.76. The maximum Gasteiger partial charge on any atom is 0.132 e. The Bertz CT molecular complexity index is 909. The molecular formula is C16H11ClFN3. The first-order valence-corrected chi connectivity index (χ1v) is 6.89. The van der Waals surface area contributed by atoms with Crippen LogP contribution in [0.25, 0.3) is 22.0 Å². The molecule has 0 fully saturated rings. The number of halogens is 2. The zero-order chi connectivity index (χ0) is 14.4. The smallest absolute Gasteiger partial charge is 0.132 e. The van der Waals surface area contributed by atoms with Gasteiger partial charge in [0.1, 0.15) is 11.6 Å². The number of aromatic nitrogens is 2. The molecule has 3 nitrogen and oxygen atoms in total. The van der Waals surface area contributed by atoms with Gasteiger partial charge >= 0.3 is 0 Å². The Hall–Kier alpha value is -2.46. The van der Waals surface area contributed by atoms with E-state index in [9.17, 15) is 4.39 Å². The highest BCUT2D eigenvalue weighted by Gasteiger charge is 2.16. The first kappa shape index (κ1) is 12.3. The Labute approximate surface area is 125 Å². The average molecular weight is 300 g/mol. The number of hydrogen-bond acceptors (Lipinski definition) is 1. The molecule has 3 N–H and O–H groups in total. The number of hydrogen-bond donors (Lipinski definition) is 3. The van der Waals surface area contributed by atoms with Crippen molar-refractivity contribution in [3.05, 3.63) is 59.4 Å². The van der Waals surface area contributed by atoms with Gasteiger partial charge in [-0.05, 0) is 41.8 Å². The summed E-state index contributed by atoms with van der Waals surface area (Å²) in [7, 11) is 0. The highest BCUT2D eigenvalue weighted by atomic mass is 35.5. The van der Waals surface area contributed by atoms with Gasteiger partial charge in [0, 0.05) is 21.7 Å². The van der Waals surface area contributed by atoms with Crippen LogP contribution < -0.4 is 5.32 Å². The van der Waals surface area contributed by atoms with Crippen molar-refractivity contribution in [2.75, 3.05) is 5.32 Å². The van der Waals surface area contributed by atoms with Crippen molar-refractivity contribution in [1.29, 1.82) is 0 Å². The molecule has 0 spiro atoms. The Morgan fingerprint density at radius 3 is 2.76 bits per heavy atom. The second-order valence-corrected chi connectivity index (χ2v) is 5.36. The summed E-state index contributed by atoms with van der Waals surface area (Å²) in [6, 6.07) is 14.2. The molecule has 0 saturated carbocycles. The summed E-state index contributed by atoms with van der Waals surface area (Å²) in [5.74, 6) is 0.522. The van der Waals surface area contributed by atoms with Gasteiger partial charge in [-0.2, -0.15) is 0 Å². The van der Waals surface area contributed by atoms with Crippen molar-refractivity contribution in [3.8, 4) is 11.3 Å². The van der Waals surface area contributed by atoms with E-state index in [-0.39, 0.29) is 5.82 Å². The molecule has 0 aromatic heterocycles. The molecule has 1 heterocycles. The molecule has 0 atom stereocenters. The minimum Gasteiger partial charge on any atom is -0.340 e. The third-order valence-electron chi connectivity index (χ3n) is 3.53. The summed E-state index contributed by atoms with van der Waals surface area (Å²) < 4.78 is 13.2. The summed E-state index contributed by atoms with van der Waals surface area (Å²) in [6.45, 7) is 0. The number of anilines is 2. The molecule has 0 unspecified atom stereocenters. The lowest BCUT2D eigenvalue weighted by atomic mass is 10.2. The number of benzene rings is 2. The molecule has 5 heteroatoms. The molecule has 2 aromatic rings. The maximum atomic E-state index is 13.2. The van der Waals surface area contributed by atoms with Crippen LogP contribution in [0, 0.1) is 5.82 Å². The molecule has 2 aromatic carbocycles. The van der Waals surface area contributed by atoms with Gasteiger partial charge in [0.25, 0.3) is 0 Å². The fourth-order valence-corrected chi connectivity index (χ4v) is 2.77. The fourth-order valence-electron chi connectivity index (χ4n) is 2.59. The van der Waals surface area contributed by atoms with Gasteiger partial charge in [-0.3, -0.25) is 10.2 Å². The summed E-state index contributed by atoms with van der Waals surface area (Å²) in [5, 5.41) is 12.3. The number of aromatic amines is 2. The fraction of sp³-hybridized carbons (Fsp3) is 0. The van der Waals surface area contributed by atoms with E-state index < -0.39 is 0 Å². The van der Waals surface area contributed by atoms with Crippen LogP contribution in [0.5, 0.6) is 0 Å². The third kappa shape index (κ3) is 2.04. The van der Waals surface area contributed by atoms with Gasteiger partial charge in [-0.15, -0.1) is 0 Å². The lowest BCUT2D eigenvalue weighted by Gasteiger charge is -2.04. The monoisotopic (exact) mass is 299 g/mol. The molecular weight excluding hydrogens is 289 g/mol. The quantitative estimate of drug-likeness (QED) is 0.471. The molecule has 0 radical (unpaired) electrons. The Kier molecular flexibility index (Phi) is 2.65. The zero-order valence-electron chi connectivity index (χ0n) is 10.9. The van der Waals surface area contributed by atoms with E-state index in [1.807, 2.05) is 30.3 Å². The molecule has 0 amide bonds. The van der Waals surface area contributed by atoms with Crippen LogP contribution in [0.15, 0.2) is 48.5 Å². The van der Waals surface area contributed by atoms with Crippen molar-refractivity contribution in [2.24, 2.45) is 0 Å². The maximum absolute atomic E-state index is 13.2. The number of H-pyrrole nitrogens is 2. The van der Waals surface area contributed by atoms with E-state index in [2.05, 4.69) is 15.5 Å². The zero-order valence-corrected chi connectivity index (χ0v) is 11.6. The van der Waals surface area contributed by atoms with E-state index in [1.54, 1.807) is 6.07 Å². The standard InChI is InChI=1S/C16H11ClFN3/c17-10-4-5-13-9(6-10)7-14-15(13)20-21-16(14)19-12-3-1-2-11(18)8-12/h1-8,19-21H. The first-order chi connectivity index (χ1) is 10.2. The predicted octanol–water partition coefficient (Wildman–Crippen LogP) is 5.14. The van der Waals surface area contributed by atoms with Crippen LogP contribution in [0.2, 0.25) is 5.02 Å². The Morgan fingerprint density at radius 2 is 1.90 bits per heavy atom. The summed E-state index contributed by atoms with van der Waals surface area (Å²) in [5.41, 5.74) is 2.70. The Balaban J connectivity index is 1.79. The van der Waals surface area contributed by atoms with Crippen molar-refractivity contribution in [3.63, 3.8) is 0 Å². The lowest BCUT2D eigenvalue weighted by molar-refractivity contribution is 0.628. The minimum atomic E-state index is -0.272. The largest absolute Gasteiger partial charge is 0.340 e. The second kappa shape index (κ2) is 4.53. The van der Waals surface area contributed by atoms with E-state index in [0.717, 1.165) is 27.8 Å². The molecule has 104 valence electrons. The molecule has 1 aliphatic carbocycles. The van der Waals surface area contributed by atoms with E-state index in [4.69, 9.17) is 11.6 Å². The molecule has 0 bridgehead atoms. The van der Waals surface area contributed by atoms with E-state index >= 15 is 0 Å². The normalized spacial score (nSPS) is 11.3. The minimum absolute atomic E-state index is 0.272. The molecule has 21 heavy (non-hydrogen) atoms. The van der Waals surface area contributed by atoms with Crippen LogP contribution in [0.4, 0.5) is 15.9 Å². The molecule has 2 aliphatic rings. The van der Waals surface area contributed by atoms with Crippen LogP contribution in [-0.4, -0.2) is 10.2 Å². The van der Waals surface area contributed by atoms with Gasteiger partial charge in [-0.25, -0.2) is 4.39 Å². The van der Waals surface area contributed by atoms with Crippen LogP contribution >= 0.6 is 11.6 Å². The molecule has 1 aliphatic heterocycles. The molecule has 4 rings (SSSR count). The predicted molar refractivity (Wildman–Crippen MR) is 84.0 cm³/mol. The van der Waals surface area contributed by atoms with E-state index in [0.29, 0.717) is 10.7 Å². The van der Waals surface area contributed by atoms with Gasteiger partial charge in [-0.1, -0.05) is 23.7 Å². The lowest BCUT2D eigenvalue weighted by Crippen LogP contribution is -1.91. The SMILES string of the molecule is Fc1cccc(Nc2[nH][nH]c3c4ccc(Cl)cc4cc2-3)c1. The summed E-state index contributed by atoms with van der Waals surface area (Å²) >= 11 is 6.02. The van der Waals surface area contributed by atoms with Crippen molar-refractivity contribution in [2.45, 2.75) is 0 Å². The highest BCUT2D eigenvalue weighted by molar-refractivity contribution is 6.31. The molecule has 0 saturated heterocycles. The summed E-state index contributed by atoms with van der Waals surface area (Å²) in [6.07, 6.45) is 0. The van der Waals surface area contributed by atoms with Crippen molar-refractivity contribution < 1.29 is 4.39 Å². The van der Waals surface area contributed by atoms with Gasteiger partial charge < -0.3 is 5.32 Å². The van der Waals surface area contributed by atoms with Crippen molar-refractivity contribution in [1.82, 2.24) is 10.2 Å². The summed E-state index contributed by atoms with van der Waals surface area (Å²) in [4.78, 5) is 0. The van der Waals surface area contributed by atoms with Gasteiger partial charge in [0.2, 0.25) is 0 Å². The van der Waals surface area contributed by atoms with Gasteiger partial charge in [0.05, 0.1) is 5.69 Å². The van der Waals surface area contributed by atoms with Crippen molar-refractivity contribution >= 4 is 33.9 Å². The second-order valence-electron chi connectivity index (χ2n) is 4.92. The first-order valence-electron chi connectivity index (χ1n) is 6.51. The number of rotatable bonds is 2. The highest BCUT2D eigenvalue weighted by Crippen LogP contribution is 2.39. The van der Waals surface area contributed by atoms with Crippen LogP contribution in [0.3, 0.4) is 0 Å². The number of nitrogens with one attached hydrogen (secondary N) is 3. The van der Waals surface area contributed by atoms with Gasteiger partial charge in [0.15, 0.2) is 0 Å². The topological polar surface area (TPSA) is 43.6 Å². The van der Waals surface area contributed by atoms with Crippen LogP contribution in [0.1, 0.15) is 0 Å². The Morgan fingerprint density at radius 1 is 1.00 bits per heavy atom. The number of fused-ring (bicyclic) bond motifs is 3.